The van der Waals surface area contributed by atoms with Crippen molar-refractivity contribution in [2.75, 3.05) is 20.2 Å². The second kappa shape index (κ2) is 6.61. The Labute approximate surface area is 110 Å². The van der Waals surface area contributed by atoms with Crippen molar-refractivity contribution in [2.45, 2.75) is 13.0 Å². The summed E-state index contributed by atoms with van der Waals surface area (Å²) < 4.78 is 6.49. The lowest BCUT2D eigenvalue weighted by Gasteiger charge is -2.19. The molecule has 0 aliphatic carbocycles. The fourth-order valence-electron chi connectivity index (χ4n) is 1.32. The normalized spacial score (nSPS) is 12.0. The van der Waals surface area contributed by atoms with Crippen LogP contribution in [0.4, 0.5) is 0 Å². The molecular formula is C12H17BrN2O2. The Morgan fingerprint density at radius 1 is 1.59 bits per heavy atom. The van der Waals surface area contributed by atoms with E-state index in [9.17, 15) is 4.79 Å². The molecule has 17 heavy (non-hydrogen) atoms. The molecule has 0 aromatic heterocycles. The molecule has 1 amide bonds. The topological polar surface area (TPSA) is 55.6 Å². The average Bonchev–Trinajstić information content (AvgIpc) is 2.27. The number of ether oxygens (including phenoxy) is 1. The minimum atomic E-state index is -0.467. The van der Waals surface area contributed by atoms with Gasteiger partial charge in [-0.2, -0.15) is 0 Å². The predicted octanol–water partition coefficient (Wildman–Crippen LogP) is 1.63. The van der Waals surface area contributed by atoms with Crippen LogP contribution in [-0.2, 0) is 4.79 Å². The van der Waals surface area contributed by atoms with Gasteiger partial charge in [0.25, 0.3) is 0 Å². The quantitative estimate of drug-likeness (QED) is 0.899. The summed E-state index contributed by atoms with van der Waals surface area (Å²) in [7, 11) is 1.72. The zero-order valence-corrected chi connectivity index (χ0v) is 11.6. The highest BCUT2D eigenvalue weighted by Crippen LogP contribution is 2.17. The number of carbonyl (C=O) groups excluding carboxylic acids is 1. The first kappa shape index (κ1) is 14.0. The SMILES string of the molecule is CC(N)C(=O)N(C)CCOc1cccc(Br)c1. The lowest BCUT2D eigenvalue weighted by atomic mass is 10.3. The van der Waals surface area contributed by atoms with Gasteiger partial charge < -0.3 is 15.4 Å². The van der Waals surface area contributed by atoms with Crippen LogP contribution in [0.15, 0.2) is 28.7 Å². The molecule has 0 saturated carbocycles. The maximum absolute atomic E-state index is 11.5. The summed E-state index contributed by atoms with van der Waals surface area (Å²) in [5.41, 5.74) is 5.50. The number of rotatable bonds is 5. The second-order valence-corrected chi connectivity index (χ2v) is 4.77. The Kier molecular flexibility index (Phi) is 5.44. The van der Waals surface area contributed by atoms with Crippen molar-refractivity contribution in [3.05, 3.63) is 28.7 Å². The van der Waals surface area contributed by atoms with Gasteiger partial charge in [-0.25, -0.2) is 0 Å². The summed E-state index contributed by atoms with van der Waals surface area (Å²) in [5, 5.41) is 0. The van der Waals surface area contributed by atoms with Crippen molar-refractivity contribution in [1.82, 2.24) is 4.90 Å². The van der Waals surface area contributed by atoms with E-state index >= 15 is 0 Å². The minimum absolute atomic E-state index is 0.0807. The standard InChI is InChI=1S/C12H17BrN2O2/c1-9(14)12(16)15(2)6-7-17-11-5-3-4-10(13)8-11/h3-5,8-9H,6-7,14H2,1-2H3. The highest BCUT2D eigenvalue weighted by atomic mass is 79.9. The van der Waals surface area contributed by atoms with Crippen molar-refractivity contribution in [3.8, 4) is 5.75 Å². The maximum Gasteiger partial charge on any atom is 0.239 e. The van der Waals surface area contributed by atoms with Gasteiger partial charge in [-0.3, -0.25) is 4.79 Å². The van der Waals surface area contributed by atoms with Crippen molar-refractivity contribution in [1.29, 1.82) is 0 Å². The molecule has 2 N–H and O–H groups in total. The van der Waals surface area contributed by atoms with E-state index in [4.69, 9.17) is 10.5 Å². The van der Waals surface area contributed by atoms with Gasteiger partial charge >= 0.3 is 0 Å². The van der Waals surface area contributed by atoms with Crippen molar-refractivity contribution in [2.24, 2.45) is 5.73 Å². The van der Waals surface area contributed by atoms with Gasteiger partial charge in [0.15, 0.2) is 0 Å². The zero-order valence-electron chi connectivity index (χ0n) is 10.0. The third kappa shape index (κ3) is 4.75. The van der Waals surface area contributed by atoms with Crippen LogP contribution < -0.4 is 10.5 Å². The third-order valence-corrected chi connectivity index (χ3v) is 2.75. The minimum Gasteiger partial charge on any atom is -0.492 e. The molecule has 1 rings (SSSR count). The van der Waals surface area contributed by atoms with E-state index < -0.39 is 6.04 Å². The number of halogens is 1. The van der Waals surface area contributed by atoms with E-state index in [-0.39, 0.29) is 5.91 Å². The summed E-state index contributed by atoms with van der Waals surface area (Å²) in [6.45, 7) is 2.65. The van der Waals surface area contributed by atoms with E-state index in [1.165, 1.54) is 0 Å². The number of carbonyl (C=O) groups is 1. The molecule has 5 heteroatoms. The zero-order chi connectivity index (χ0) is 12.8. The summed E-state index contributed by atoms with van der Waals surface area (Å²) >= 11 is 3.36. The van der Waals surface area contributed by atoms with Gasteiger partial charge in [-0.1, -0.05) is 22.0 Å². The Hall–Kier alpha value is -1.07. The van der Waals surface area contributed by atoms with E-state index in [2.05, 4.69) is 15.9 Å². The van der Waals surface area contributed by atoms with E-state index in [0.717, 1.165) is 10.2 Å². The average molecular weight is 301 g/mol. The van der Waals surface area contributed by atoms with Crippen LogP contribution in [-0.4, -0.2) is 37.0 Å². The number of hydrogen-bond donors (Lipinski definition) is 1. The first-order chi connectivity index (χ1) is 8.00. The highest BCUT2D eigenvalue weighted by Gasteiger charge is 2.12. The van der Waals surface area contributed by atoms with Crippen LogP contribution in [0.2, 0.25) is 0 Å². The van der Waals surface area contributed by atoms with Gasteiger partial charge in [0.05, 0.1) is 12.6 Å². The molecule has 94 valence electrons. The van der Waals surface area contributed by atoms with Crippen LogP contribution in [0.5, 0.6) is 5.75 Å². The molecule has 1 aromatic rings. The molecule has 0 bridgehead atoms. The Balaban J connectivity index is 2.35. The first-order valence-electron chi connectivity index (χ1n) is 5.39. The fourth-order valence-corrected chi connectivity index (χ4v) is 1.69. The molecule has 0 spiro atoms. The van der Waals surface area contributed by atoms with Gasteiger partial charge in [0.2, 0.25) is 5.91 Å². The molecule has 0 fully saturated rings. The van der Waals surface area contributed by atoms with Crippen LogP contribution in [0.3, 0.4) is 0 Å². The summed E-state index contributed by atoms with van der Waals surface area (Å²) in [6.07, 6.45) is 0. The van der Waals surface area contributed by atoms with Crippen molar-refractivity contribution in [3.63, 3.8) is 0 Å². The highest BCUT2D eigenvalue weighted by molar-refractivity contribution is 9.10. The second-order valence-electron chi connectivity index (χ2n) is 3.85. The van der Waals surface area contributed by atoms with Crippen LogP contribution >= 0.6 is 15.9 Å². The number of nitrogens with two attached hydrogens (primary N) is 1. The molecule has 0 aliphatic heterocycles. The lowest BCUT2D eigenvalue weighted by Crippen LogP contribution is -2.41. The lowest BCUT2D eigenvalue weighted by molar-refractivity contribution is -0.131. The monoisotopic (exact) mass is 300 g/mol. The maximum atomic E-state index is 11.5. The molecule has 0 heterocycles. The number of hydrogen-bond acceptors (Lipinski definition) is 3. The Morgan fingerprint density at radius 2 is 2.29 bits per heavy atom. The first-order valence-corrected chi connectivity index (χ1v) is 6.19. The van der Waals surface area contributed by atoms with Gasteiger partial charge in [-0.05, 0) is 25.1 Å². The summed E-state index contributed by atoms with van der Waals surface area (Å²) in [5.74, 6) is 0.698. The smallest absolute Gasteiger partial charge is 0.239 e. The predicted molar refractivity (Wildman–Crippen MR) is 70.9 cm³/mol. The molecular weight excluding hydrogens is 284 g/mol. The van der Waals surface area contributed by atoms with Crippen molar-refractivity contribution < 1.29 is 9.53 Å². The molecule has 1 aromatic carbocycles. The van der Waals surface area contributed by atoms with Gasteiger partial charge in [0, 0.05) is 11.5 Å². The van der Waals surface area contributed by atoms with E-state index in [1.807, 2.05) is 24.3 Å². The Bertz CT molecular complexity index is 383. The Morgan fingerprint density at radius 3 is 2.88 bits per heavy atom. The molecule has 1 unspecified atom stereocenters. The fraction of sp³-hybridized carbons (Fsp3) is 0.417. The van der Waals surface area contributed by atoms with Crippen LogP contribution in [0, 0.1) is 0 Å². The largest absolute Gasteiger partial charge is 0.492 e. The third-order valence-electron chi connectivity index (χ3n) is 2.26. The number of amides is 1. The molecule has 0 saturated heterocycles. The van der Waals surface area contributed by atoms with Gasteiger partial charge in [-0.15, -0.1) is 0 Å². The van der Waals surface area contributed by atoms with Crippen LogP contribution in [0.1, 0.15) is 6.92 Å². The van der Waals surface area contributed by atoms with Crippen LogP contribution in [0.25, 0.3) is 0 Å². The molecule has 0 radical (unpaired) electrons. The summed E-state index contributed by atoms with van der Waals surface area (Å²) in [4.78, 5) is 13.0. The van der Waals surface area contributed by atoms with Crippen molar-refractivity contribution >= 4 is 21.8 Å². The number of likely N-dealkylation sites (N-methyl/N-ethyl adjacent to an activating group) is 1. The molecule has 0 aliphatic rings. The molecule has 1 atom stereocenters. The number of benzene rings is 1. The van der Waals surface area contributed by atoms with E-state index in [1.54, 1.807) is 18.9 Å². The van der Waals surface area contributed by atoms with Gasteiger partial charge in [0.1, 0.15) is 12.4 Å². The number of nitrogens with zero attached hydrogens (tertiary/aromatic N) is 1. The summed E-state index contributed by atoms with van der Waals surface area (Å²) in [6, 6.07) is 7.12. The molecule has 4 nitrogen and oxygen atoms in total. The van der Waals surface area contributed by atoms with E-state index in [0.29, 0.717) is 13.2 Å².